The van der Waals surface area contributed by atoms with Crippen molar-refractivity contribution in [3.63, 3.8) is 0 Å². The Morgan fingerprint density at radius 2 is 2.38 bits per heavy atom. The second kappa shape index (κ2) is 4.91. The number of alkyl halides is 1. The van der Waals surface area contributed by atoms with Crippen molar-refractivity contribution in [2.75, 3.05) is 12.4 Å². The van der Waals surface area contributed by atoms with Crippen LogP contribution < -0.4 is 0 Å². The molecule has 0 atom stereocenters. The number of halogens is 1. The first-order chi connectivity index (χ1) is 7.74. The van der Waals surface area contributed by atoms with Crippen molar-refractivity contribution >= 4 is 17.5 Å². The van der Waals surface area contributed by atoms with Gasteiger partial charge in [-0.25, -0.2) is 0 Å². The van der Waals surface area contributed by atoms with E-state index in [4.69, 9.17) is 16.0 Å². The van der Waals surface area contributed by atoms with Crippen LogP contribution in [0, 0.1) is 6.92 Å². The minimum absolute atomic E-state index is 0.0524. The third-order valence-electron chi connectivity index (χ3n) is 3.19. The SMILES string of the molecule is Cc1occc1C(=O)N(CCCl)C1CCC1. The summed E-state index contributed by atoms with van der Waals surface area (Å²) in [7, 11) is 0. The van der Waals surface area contributed by atoms with Gasteiger partial charge < -0.3 is 9.32 Å². The lowest BCUT2D eigenvalue weighted by atomic mass is 9.91. The molecule has 0 spiro atoms. The van der Waals surface area contributed by atoms with Crippen LogP contribution in [0.5, 0.6) is 0 Å². The Hall–Kier alpha value is -0.960. The highest BCUT2D eigenvalue weighted by atomic mass is 35.5. The first-order valence-electron chi connectivity index (χ1n) is 5.65. The highest BCUT2D eigenvalue weighted by Gasteiger charge is 2.30. The van der Waals surface area contributed by atoms with Crippen LogP contribution in [0.4, 0.5) is 0 Å². The Morgan fingerprint density at radius 1 is 1.62 bits per heavy atom. The summed E-state index contributed by atoms with van der Waals surface area (Å²) < 4.78 is 5.16. The number of hydrogen-bond acceptors (Lipinski definition) is 2. The highest BCUT2D eigenvalue weighted by molar-refractivity contribution is 6.18. The summed E-state index contributed by atoms with van der Waals surface area (Å²) in [6, 6.07) is 2.11. The van der Waals surface area contributed by atoms with E-state index in [1.807, 2.05) is 11.8 Å². The van der Waals surface area contributed by atoms with Crippen molar-refractivity contribution in [2.24, 2.45) is 0 Å². The molecule has 1 saturated carbocycles. The van der Waals surface area contributed by atoms with Crippen LogP contribution in [0.3, 0.4) is 0 Å². The van der Waals surface area contributed by atoms with Gasteiger partial charge in [0.25, 0.3) is 5.91 Å². The number of rotatable bonds is 4. The number of hydrogen-bond donors (Lipinski definition) is 0. The summed E-state index contributed by atoms with van der Waals surface area (Å²) in [5.74, 6) is 1.22. The van der Waals surface area contributed by atoms with Crippen molar-refractivity contribution in [3.8, 4) is 0 Å². The van der Waals surface area contributed by atoms with Crippen molar-refractivity contribution in [2.45, 2.75) is 32.2 Å². The van der Waals surface area contributed by atoms with Crippen LogP contribution in [0.25, 0.3) is 0 Å². The summed E-state index contributed by atoms with van der Waals surface area (Å²) >= 11 is 5.75. The Kier molecular flexibility index (Phi) is 3.54. The molecular weight excluding hydrogens is 226 g/mol. The van der Waals surface area contributed by atoms with Gasteiger partial charge in [-0.2, -0.15) is 0 Å². The summed E-state index contributed by atoms with van der Waals surface area (Å²) in [5.41, 5.74) is 0.664. The van der Waals surface area contributed by atoms with E-state index in [2.05, 4.69) is 0 Å². The van der Waals surface area contributed by atoms with Crippen LogP contribution in [-0.2, 0) is 0 Å². The van der Waals surface area contributed by atoms with E-state index in [9.17, 15) is 4.79 Å². The fraction of sp³-hybridized carbons (Fsp3) is 0.583. The predicted molar refractivity (Wildman–Crippen MR) is 62.8 cm³/mol. The number of carbonyl (C=O) groups excluding carboxylic acids is 1. The molecular formula is C12H16ClNO2. The van der Waals surface area contributed by atoms with Crippen molar-refractivity contribution in [1.82, 2.24) is 4.90 Å². The Morgan fingerprint density at radius 3 is 2.81 bits per heavy atom. The van der Waals surface area contributed by atoms with Crippen molar-refractivity contribution in [3.05, 3.63) is 23.7 Å². The molecule has 88 valence electrons. The molecule has 0 unspecified atom stereocenters. The fourth-order valence-corrected chi connectivity index (χ4v) is 2.18. The molecule has 1 aliphatic carbocycles. The van der Waals surface area contributed by atoms with Gasteiger partial charge >= 0.3 is 0 Å². The summed E-state index contributed by atoms with van der Waals surface area (Å²) in [4.78, 5) is 14.1. The lowest BCUT2D eigenvalue weighted by Crippen LogP contribution is -2.45. The molecule has 1 fully saturated rings. The minimum Gasteiger partial charge on any atom is -0.469 e. The topological polar surface area (TPSA) is 33.5 Å². The number of amides is 1. The zero-order valence-corrected chi connectivity index (χ0v) is 10.2. The molecule has 16 heavy (non-hydrogen) atoms. The molecule has 3 nitrogen and oxygen atoms in total. The molecule has 1 heterocycles. The molecule has 0 aromatic carbocycles. The lowest BCUT2D eigenvalue weighted by Gasteiger charge is -2.37. The molecule has 0 N–H and O–H groups in total. The maximum atomic E-state index is 12.3. The number of aryl methyl sites for hydroxylation is 1. The number of carbonyl (C=O) groups is 1. The average Bonchev–Trinajstić information content (AvgIpc) is 2.60. The van der Waals surface area contributed by atoms with Gasteiger partial charge in [-0.1, -0.05) is 0 Å². The first-order valence-corrected chi connectivity index (χ1v) is 6.18. The quantitative estimate of drug-likeness (QED) is 0.760. The van der Waals surface area contributed by atoms with Gasteiger partial charge in [0.2, 0.25) is 0 Å². The van der Waals surface area contributed by atoms with E-state index in [0.717, 1.165) is 12.8 Å². The number of furan rings is 1. The summed E-state index contributed by atoms with van der Waals surface area (Å²) in [6.07, 6.45) is 4.96. The van der Waals surface area contributed by atoms with Crippen LogP contribution in [0.2, 0.25) is 0 Å². The maximum absolute atomic E-state index is 12.3. The van der Waals surface area contributed by atoms with E-state index in [0.29, 0.717) is 29.8 Å². The van der Waals surface area contributed by atoms with Crippen LogP contribution >= 0.6 is 11.6 Å². The Labute approximate surface area is 100 Å². The standard InChI is InChI=1S/C12H16ClNO2/c1-9-11(5-8-16-9)12(15)14(7-6-13)10-3-2-4-10/h5,8,10H,2-4,6-7H2,1H3. The molecule has 1 aromatic heterocycles. The van der Waals surface area contributed by atoms with Crippen LogP contribution in [0.1, 0.15) is 35.4 Å². The summed E-state index contributed by atoms with van der Waals surface area (Å²) in [5, 5.41) is 0. The van der Waals surface area contributed by atoms with E-state index in [1.54, 1.807) is 12.3 Å². The highest BCUT2D eigenvalue weighted by Crippen LogP contribution is 2.26. The van der Waals surface area contributed by atoms with Gasteiger partial charge in [0.1, 0.15) is 5.76 Å². The molecule has 0 saturated heterocycles. The molecule has 1 aliphatic rings. The Bertz CT molecular complexity index is 371. The zero-order chi connectivity index (χ0) is 11.5. The lowest BCUT2D eigenvalue weighted by molar-refractivity contribution is 0.0596. The second-order valence-electron chi connectivity index (χ2n) is 4.16. The van der Waals surface area contributed by atoms with E-state index >= 15 is 0 Å². The average molecular weight is 242 g/mol. The van der Waals surface area contributed by atoms with Gasteiger partial charge in [-0.05, 0) is 32.3 Å². The van der Waals surface area contributed by atoms with Crippen molar-refractivity contribution in [1.29, 1.82) is 0 Å². The zero-order valence-electron chi connectivity index (χ0n) is 9.41. The van der Waals surface area contributed by atoms with E-state index in [1.165, 1.54) is 6.42 Å². The smallest absolute Gasteiger partial charge is 0.257 e. The van der Waals surface area contributed by atoms with E-state index in [-0.39, 0.29) is 5.91 Å². The molecule has 0 aliphatic heterocycles. The number of nitrogens with zero attached hydrogens (tertiary/aromatic N) is 1. The van der Waals surface area contributed by atoms with E-state index < -0.39 is 0 Å². The Balaban J connectivity index is 2.13. The van der Waals surface area contributed by atoms with Gasteiger partial charge in [0, 0.05) is 18.5 Å². The predicted octanol–water partition coefficient (Wildman–Crippen LogP) is 2.82. The molecule has 1 amide bonds. The molecule has 0 bridgehead atoms. The second-order valence-corrected chi connectivity index (χ2v) is 4.54. The van der Waals surface area contributed by atoms with Crippen LogP contribution in [0.15, 0.2) is 16.7 Å². The van der Waals surface area contributed by atoms with Crippen LogP contribution in [-0.4, -0.2) is 29.3 Å². The first kappa shape index (κ1) is 11.5. The van der Waals surface area contributed by atoms with Gasteiger partial charge in [0.15, 0.2) is 0 Å². The van der Waals surface area contributed by atoms with Crippen molar-refractivity contribution < 1.29 is 9.21 Å². The third kappa shape index (κ3) is 2.09. The molecule has 4 heteroatoms. The maximum Gasteiger partial charge on any atom is 0.257 e. The monoisotopic (exact) mass is 241 g/mol. The normalized spacial score (nSPS) is 15.9. The van der Waals surface area contributed by atoms with Gasteiger partial charge in [-0.3, -0.25) is 4.79 Å². The fourth-order valence-electron chi connectivity index (χ4n) is 2.00. The molecule has 1 aromatic rings. The molecule has 2 rings (SSSR count). The van der Waals surface area contributed by atoms with Gasteiger partial charge in [0.05, 0.1) is 11.8 Å². The third-order valence-corrected chi connectivity index (χ3v) is 3.36. The minimum atomic E-state index is 0.0524. The molecule has 0 radical (unpaired) electrons. The summed E-state index contributed by atoms with van der Waals surface area (Å²) in [6.45, 7) is 2.43. The van der Waals surface area contributed by atoms with Gasteiger partial charge in [-0.15, -0.1) is 11.6 Å². The largest absolute Gasteiger partial charge is 0.469 e.